The molecule has 0 aliphatic rings. The summed E-state index contributed by atoms with van der Waals surface area (Å²) < 4.78 is 0. The minimum absolute atomic E-state index is 0.336. The summed E-state index contributed by atoms with van der Waals surface area (Å²) in [7, 11) is 0. The predicted molar refractivity (Wildman–Crippen MR) is 105 cm³/mol. The predicted octanol–water partition coefficient (Wildman–Crippen LogP) is 7.22. The number of unbranched alkanes of at least 4 members (excludes halogenated alkanes) is 13. The van der Waals surface area contributed by atoms with Crippen LogP contribution in [0.4, 0.5) is 0 Å². The molecule has 0 rings (SSSR count). The Balaban J connectivity index is 3.07. The number of allylic oxidation sites excluding steroid dienone is 5. The van der Waals surface area contributed by atoms with Gasteiger partial charge in [0.2, 0.25) is 0 Å². The van der Waals surface area contributed by atoms with Gasteiger partial charge in [-0.1, -0.05) is 108 Å². The van der Waals surface area contributed by atoms with Crippen LogP contribution in [0.25, 0.3) is 0 Å². The zero-order valence-corrected chi connectivity index (χ0v) is 15.6. The highest BCUT2D eigenvalue weighted by Gasteiger charge is 1.97. The Morgan fingerprint density at radius 1 is 0.667 bits per heavy atom. The summed E-state index contributed by atoms with van der Waals surface area (Å²) in [5.74, 6) is -0.660. The second-order valence-corrected chi connectivity index (χ2v) is 6.58. The lowest BCUT2D eigenvalue weighted by Gasteiger charge is -2.02. The third-order valence-electron chi connectivity index (χ3n) is 4.26. The van der Waals surface area contributed by atoms with E-state index in [1.54, 1.807) is 6.08 Å². The first-order valence-corrected chi connectivity index (χ1v) is 9.93. The van der Waals surface area contributed by atoms with E-state index in [-0.39, 0.29) is 0 Å². The third-order valence-corrected chi connectivity index (χ3v) is 4.26. The van der Waals surface area contributed by atoms with Crippen LogP contribution in [0, 0.1) is 0 Å². The van der Waals surface area contributed by atoms with Gasteiger partial charge in [-0.2, -0.15) is 0 Å². The van der Waals surface area contributed by atoms with Gasteiger partial charge in [0.15, 0.2) is 0 Å². The van der Waals surface area contributed by atoms with Crippen molar-refractivity contribution in [2.45, 2.75) is 96.3 Å². The summed E-state index contributed by atoms with van der Waals surface area (Å²) in [6, 6.07) is 0. The lowest BCUT2D eigenvalue weighted by atomic mass is 10.0. The van der Waals surface area contributed by atoms with Crippen molar-refractivity contribution in [1.82, 2.24) is 0 Å². The van der Waals surface area contributed by atoms with Crippen LogP contribution in [0.2, 0.25) is 0 Å². The maximum Gasteiger partial charge on any atom is 0.303 e. The molecule has 0 atom stereocenters. The van der Waals surface area contributed by atoms with Crippen molar-refractivity contribution < 1.29 is 9.90 Å². The molecule has 24 heavy (non-hydrogen) atoms. The van der Waals surface area contributed by atoms with E-state index in [0.717, 1.165) is 12.8 Å². The van der Waals surface area contributed by atoms with Crippen molar-refractivity contribution in [3.63, 3.8) is 0 Å². The van der Waals surface area contributed by atoms with Gasteiger partial charge in [0.05, 0.1) is 0 Å². The molecule has 0 heterocycles. The topological polar surface area (TPSA) is 37.3 Å². The molecule has 0 unspecified atom stereocenters. The third kappa shape index (κ3) is 20.7. The molecule has 138 valence electrons. The molecular weight excluding hydrogens is 296 g/mol. The molecule has 0 aromatic carbocycles. The van der Waals surface area contributed by atoms with Crippen LogP contribution >= 0.6 is 0 Å². The van der Waals surface area contributed by atoms with Gasteiger partial charge < -0.3 is 5.11 Å². The van der Waals surface area contributed by atoms with Crippen molar-refractivity contribution in [2.24, 2.45) is 0 Å². The van der Waals surface area contributed by atoms with Crippen molar-refractivity contribution in [3.8, 4) is 0 Å². The van der Waals surface area contributed by atoms with E-state index in [1.807, 2.05) is 12.2 Å². The Morgan fingerprint density at radius 2 is 1.12 bits per heavy atom. The smallest absolute Gasteiger partial charge is 0.303 e. The van der Waals surface area contributed by atoms with Crippen LogP contribution in [-0.2, 0) is 4.79 Å². The van der Waals surface area contributed by atoms with Crippen LogP contribution in [-0.4, -0.2) is 11.1 Å². The first kappa shape index (κ1) is 22.7. The number of carboxylic acids is 1. The zero-order valence-electron chi connectivity index (χ0n) is 15.6. The van der Waals surface area contributed by atoms with Gasteiger partial charge in [-0.05, 0) is 19.3 Å². The van der Waals surface area contributed by atoms with Crippen LogP contribution < -0.4 is 0 Å². The quantitative estimate of drug-likeness (QED) is 0.212. The number of hydrogen-bond donors (Lipinski definition) is 1. The SMILES string of the molecule is C=CC=CC=CCCCCCCCCCCCCCCCC(=O)O. The highest BCUT2D eigenvalue weighted by molar-refractivity contribution is 5.66. The van der Waals surface area contributed by atoms with Crippen LogP contribution in [0.3, 0.4) is 0 Å². The monoisotopic (exact) mass is 334 g/mol. The van der Waals surface area contributed by atoms with Crippen LogP contribution in [0.5, 0.6) is 0 Å². The number of aliphatic carboxylic acids is 1. The maximum atomic E-state index is 10.4. The summed E-state index contributed by atoms with van der Waals surface area (Å²) in [6.07, 6.45) is 28.3. The van der Waals surface area contributed by atoms with Gasteiger partial charge in [-0.25, -0.2) is 0 Å². The molecule has 0 saturated carbocycles. The minimum Gasteiger partial charge on any atom is -0.481 e. The fourth-order valence-electron chi connectivity index (χ4n) is 2.80. The largest absolute Gasteiger partial charge is 0.481 e. The van der Waals surface area contributed by atoms with E-state index in [9.17, 15) is 4.79 Å². The molecule has 0 amide bonds. The highest BCUT2D eigenvalue weighted by Crippen LogP contribution is 2.13. The average molecular weight is 335 g/mol. The molecule has 0 aliphatic heterocycles. The van der Waals surface area contributed by atoms with E-state index < -0.39 is 5.97 Å². The van der Waals surface area contributed by atoms with E-state index in [0.29, 0.717) is 6.42 Å². The Hall–Kier alpha value is -1.31. The van der Waals surface area contributed by atoms with Crippen LogP contribution in [0.15, 0.2) is 37.0 Å². The maximum absolute atomic E-state index is 10.4. The van der Waals surface area contributed by atoms with Gasteiger partial charge in [-0.15, -0.1) is 0 Å². The van der Waals surface area contributed by atoms with Crippen molar-refractivity contribution in [2.75, 3.05) is 0 Å². The summed E-state index contributed by atoms with van der Waals surface area (Å²) in [5.41, 5.74) is 0. The molecule has 0 aliphatic carbocycles. The molecule has 0 spiro atoms. The van der Waals surface area contributed by atoms with Gasteiger partial charge in [0, 0.05) is 6.42 Å². The first-order chi connectivity index (χ1) is 11.8. The summed E-state index contributed by atoms with van der Waals surface area (Å²) in [5, 5.41) is 8.55. The summed E-state index contributed by atoms with van der Waals surface area (Å²) in [6.45, 7) is 3.64. The molecule has 0 fully saturated rings. The van der Waals surface area contributed by atoms with E-state index >= 15 is 0 Å². The average Bonchev–Trinajstić information content (AvgIpc) is 2.56. The standard InChI is InChI=1S/C22H38O2/c1-2-3-4-5-6-7-8-9-10-11-12-13-14-15-16-17-18-19-20-21-22(23)24/h2-6H,1,7-21H2,(H,23,24). The Morgan fingerprint density at radius 3 is 1.58 bits per heavy atom. The van der Waals surface area contributed by atoms with Crippen LogP contribution in [0.1, 0.15) is 96.3 Å². The van der Waals surface area contributed by atoms with Crippen molar-refractivity contribution in [1.29, 1.82) is 0 Å². The molecule has 0 saturated heterocycles. The lowest BCUT2D eigenvalue weighted by molar-refractivity contribution is -0.137. The summed E-state index contributed by atoms with van der Waals surface area (Å²) in [4.78, 5) is 10.4. The Bertz CT molecular complexity index is 342. The molecule has 0 radical (unpaired) electrons. The Kier molecular flexibility index (Phi) is 18.7. The second kappa shape index (κ2) is 19.7. The molecule has 0 aromatic heterocycles. The summed E-state index contributed by atoms with van der Waals surface area (Å²) >= 11 is 0. The van der Waals surface area contributed by atoms with Gasteiger partial charge in [-0.3, -0.25) is 4.79 Å². The fraction of sp³-hybridized carbons (Fsp3) is 0.682. The number of hydrogen-bond acceptors (Lipinski definition) is 1. The van der Waals surface area contributed by atoms with Crippen molar-refractivity contribution in [3.05, 3.63) is 37.0 Å². The highest BCUT2D eigenvalue weighted by atomic mass is 16.4. The van der Waals surface area contributed by atoms with E-state index in [2.05, 4.69) is 18.7 Å². The fourth-order valence-corrected chi connectivity index (χ4v) is 2.80. The molecule has 2 heteroatoms. The zero-order chi connectivity index (χ0) is 17.7. The number of rotatable bonds is 18. The Labute approximate surface area is 149 Å². The number of carbonyl (C=O) groups is 1. The normalized spacial score (nSPS) is 11.5. The van der Waals surface area contributed by atoms with Gasteiger partial charge in [0.25, 0.3) is 0 Å². The van der Waals surface area contributed by atoms with Crippen molar-refractivity contribution >= 4 is 5.97 Å². The molecule has 0 bridgehead atoms. The molecule has 2 nitrogen and oxygen atoms in total. The van der Waals surface area contributed by atoms with E-state index in [4.69, 9.17) is 5.11 Å². The van der Waals surface area contributed by atoms with E-state index in [1.165, 1.54) is 77.0 Å². The van der Waals surface area contributed by atoms with Gasteiger partial charge in [0.1, 0.15) is 0 Å². The second-order valence-electron chi connectivity index (χ2n) is 6.58. The first-order valence-electron chi connectivity index (χ1n) is 9.93. The molecule has 1 N–H and O–H groups in total. The lowest BCUT2D eigenvalue weighted by Crippen LogP contribution is -1.93. The van der Waals surface area contributed by atoms with Gasteiger partial charge >= 0.3 is 5.97 Å². The minimum atomic E-state index is -0.660. The molecular formula is C22H38O2. The number of carboxylic acid groups (broad SMARTS) is 1. The molecule has 0 aromatic rings.